The Morgan fingerprint density at radius 2 is 1.91 bits per heavy atom. The summed E-state index contributed by atoms with van der Waals surface area (Å²) in [6.45, 7) is 0.910. The molecule has 0 radical (unpaired) electrons. The molecule has 2 N–H and O–H groups in total. The molecule has 1 amide bonds. The molecule has 2 heterocycles. The number of thioether (sulfide) groups is 1. The second kappa shape index (κ2) is 9.05. The van der Waals surface area contributed by atoms with Crippen molar-refractivity contribution in [1.82, 2.24) is 10.5 Å². The molecule has 170 valence electrons. The first-order chi connectivity index (χ1) is 15.3. The number of amides is 1. The summed E-state index contributed by atoms with van der Waals surface area (Å²) in [5, 5.41) is 4.29. The summed E-state index contributed by atoms with van der Waals surface area (Å²) in [4.78, 5) is 24.4. The summed E-state index contributed by atoms with van der Waals surface area (Å²) in [7, 11) is 0. The molecule has 0 atom stereocenters. The molecule has 2 aromatic rings. The fourth-order valence-corrected chi connectivity index (χ4v) is 4.08. The molecule has 2 aromatic carbocycles. The Kier molecular flexibility index (Phi) is 6.36. The lowest BCUT2D eigenvalue weighted by molar-refractivity contribution is -0.153. The average Bonchev–Trinajstić information content (AvgIpc) is 3.19. The molecule has 10 heteroatoms. The highest BCUT2D eigenvalue weighted by Gasteiger charge is 2.40. The van der Waals surface area contributed by atoms with Crippen molar-refractivity contribution in [2.45, 2.75) is 29.5 Å². The van der Waals surface area contributed by atoms with E-state index in [0.29, 0.717) is 42.9 Å². The Hall–Kier alpha value is -2.69. The van der Waals surface area contributed by atoms with E-state index in [2.05, 4.69) is 10.8 Å². The molecule has 2 aliphatic rings. The minimum absolute atomic E-state index is 0.455. The monoisotopic (exact) mass is 465 g/mol. The van der Waals surface area contributed by atoms with Gasteiger partial charge in [-0.3, -0.25) is 15.6 Å². The average molecular weight is 465 g/mol. The Morgan fingerprint density at radius 3 is 2.56 bits per heavy atom. The van der Waals surface area contributed by atoms with E-state index in [1.54, 1.807) is 22.9 Å². The summed E-state index contributed by atoms with van der Waals surface area (Å²) in [5.74, 6) is 0. The van der Waals surface area contributed by atoms with Crippen molar-refractivity contribution in [2.75, 3.05) is 24.7 Å². The van der Waals surface area contributed by atoms with Crippen molar-refractivity contribution in [1.29, 1.82) is 0 Å². The first-order valence-corrected chi connectivity index (χ1v) is 11.2. The van der Waals surface area contributed by atoms with E-state index in [0.717, 1.165) is 17.0 Å². The molecule has 0 saturated carbocycles. The van der Waals surface area contributed by atoms with E-state index >= 15 is 0 Å². The van der Waals surface area contributed by atoms with Crippen molar-refractivity contribution < 1.29 is 27.6 Å². The second-order valence-corrected chi connectivity index (χ2v) is 8.45. The third kappa shape index (κ3) is 5.20. The largest absolute Gasteiger partial charge is 0.430 e. The van der Waals surface area contributed by atoms with Crippen LogP contribution in [0.2, 0.25) is 0 Å². The van der Waals surface area contributed by atoms with Crippen LogP contribution in [0.25, 0.3) is 5.70 Å². The van der Waals surface area contributed by atoms with Crippen molar-refractivity contribution in [2.24, 2.45) is 0 Å². The number of nitrogens with zero attached hydrogens (tertiary/aromatic N) is 1. The molecule has 6 nitrogen and oxygen atoms in total. The van der Waals surface area contributed by atoms with Gasteiger partial charge >= 0.3 is 12.3 Å². The molecular formula is C22H22F3N3O3S. The van der Waals surface area contributed by atoms with Gasteiger partial charge in [0, 0.05) is 23.7 Å². The lowest BCUT2D eigenvalue weighted by atomic mass is 9.91. The molecular weight excluding hydrogens is 443 g/mol. The highest BCUT2D eigenvalue weighted by Crippen LogP contribution is 2.36. The first-order valence-electron chi connectivity index (χ1n) is 9.99. The smallest absolute Gasteiger partial charge is 0.351 e. The highest BCUT2D eigenvalue weighted by atomic mass is 32.2. The number of nitrogens with one attached hydrogen (secondary N) is 2. The molecule has 32 heavy (non-hydrogen) atoms. The number of carbonyl (C=O) groups excluding carboxylic acids is 1. The van der Waals surface area contributed by atoms with Gasteiger partial charge in [-0.2, -0.15) is 13.2 Å². The maximum Gasteiger partial charge on any atom is 0.430 e. The van der Waals surface area contributed by atoms with Gasteiger partial charge < -0.3 is 4.84 Å². The van der Waals surface area contributed by atoms with E-state index in [9.17, 15) is 18.0 Å². The summed E-state index contributed by atoms with van der Waals surface area (Å²) < 4.78 is 38.3. The molecule has 0 aromatic heterocycles. The van der Waals surface area contributed by atoms with Crippen LogP contribution in [0, 0.1) is 0 Å². The third-order valence-electron chi connectivity index (χ3n) is 5.39. The number of hydrogen-bond acceptors (Lipinski definition) is 6. The molecule has 0 unspecified atom stereocenters. The zero-order valence-electron chi connectivity index (χ0n) is 17.2. The predicted molar refractivity (Wildman–Crippen MR) is 116 cm³/mol. The number of rotatable bonds is 4. The maximum atomic E-state index is 12.8. The quantitative estimate of drug-likeness (QED) is 0.598. The summed E-state index contributed by atoms with van der Waals surface area (Å²) >= 11 is 1.58. The summed E-state index contributed by atoms with van der Waals surface area (Å²) in [5.41, 5.74) is 3.43. The number of benzene rings is 2. The van der Waals surface area contributed by atoms with Gasteiger partial charge in [0.15, 0.2) is 0 Å². The van der Waals surface area contributed by atoms with Crippen molar-refractivity contribution in [3.05, 3.63) is 65.7 Å². The van der Waals surface area contributed by atoms with Crippen LogP contribution >= 0.6 is 11.8 Å². The number of hydroxylamine groups is 3. The van der Waals surface area contributed by atoms with Gasteiger partial charge in [0.05, 0.1) is 11.3 Å². The fraction of sp³-hybridized carbons (Fsp3) is 0.318. The topological polar surface area (TPSA) is 62.8 Å². The van der Waals surface area contributed by atoms with Crippen LogP contribution in [0.3, 0.4) is 0 Å². The van der Waals surface area contributed by atoms with Crippen LogP contribution in [0.15, 0.2) is 59.5 Å². The number of piperidine rings is 1. The van der Waals surface area contributed by atoms with Crippen LogP contribution < -0.4 is 10.8 Å². The van der Waals surface area contributed by atoms with Crippen LogP contribution in [0.4, 0.5) is 23.7 Å². The Morgan fingerprint density at radius 1 is 1.19 bits per heavy atom. The van der Waals surface area contributed by atoms with Gasteiger partial charge in [-0.25, -0.2) is 4.79 Å². The number of carbonyl (C=O) groups is 1. The van der Waals surface area contributed by atoms with Crippen LogP contribution in [0.5, 0.6) is 0 Å². The Labute approximate surface area is 187 Å². The summed E-state index contributed by atoms with van der Waals surface area (Å²) in [6, 6.07) is 12.4. The van der Waals surface area contributed by atoms with Gasteiger partial charge in [-0.15, -0.1) is 16.8 Å². The number of halogens is 3. The number of anilines is 1. The van der Waals surface area contributed by atoms with Gasteiger partial charge in [-0.05, 0) is 61.1 Å². The second-order valence-electron chi connectivity index (χ2n) is 7.57. The lowest BCUT2D eigenvalue weighted by Crippen LogP contribution is -2.45. The van der Waals surface area contributed by atoms with Gasteiger partial charge in [0.25, 0.3) is 0 Å². The molecule has 1 saturated heterocycles. The van der Waals surface area contributed by atoms with Gasteiger partial charge in [0.2, 0.25) is 0 Å². The van der Waals surface area contributed by atoms with Crippen LogP contribution in [-0.4, -0.2) is 36.1 Å². The molecule has 0 aliphatic carbocycles. The SMILES string of the molecule is CSc1cccc(NC(=O)ON2CCC3(C=C(c4ccc(C(F)(F)F)cc4)NO3)CC2)c1. The molecule has 0 bridgehead atoms. The van der Waals surface area contributed by atoms with Gasteiger partial charge in [-0.1, -0.05) is 18.2 Å². The molecule has 1 spiro atoms. The number of hydrogen-bond donors (Lipinski definition) is 2. The van der Waals surface area contributed by atoms with Crippen LogP contribution in [0.1, 0.15) is 24.0 Å². The van der Waals surface area contributed by atoms with Crippen molar-refractivity contribution >= 4 is 29.2 Å². The zero-order valence-corrected chi connectivity index (χ0v) is 18.1. The van der Waals surface area contributed by atoms with E-state index < -0.39 is 23.4 Å². The lowest BCUT2D eigenvalue weighted by Gasteiger charge is -2.35. The maximum absolute atomic E-state index is 12.8. The van der Waals surface area contributed by atoms with Crippen molar-refractivity contribution in [3.8, 4) is 0 Å². The van der Waals surface area contributed by atoms with E-state index in [1.165, 1.54) is 12.1 Å². The molecule has 4 rings (SSSR count). The molecule has 2 aliphatic heterocycles. The van der Waals surface area contributed by atoms with Crippen molar-refractivity contribution in [3.63, 3.8) is 0 Å². The summed E-state index contributed by atoms with van der Waals surface area (Å²) in [6.07, 6.45) is 0.0218. The fourth-order valence-electron chi connectivity index (χ4n) is 3.62. The van der Waals surface area contributed by atoms with E-state index in [-0.39, 0.29) is 0 Å². The first kappa shape index (κ1) is 22.5. The Bertz CT molecular complexity index is 1000. The minimum atomic E-state index is -4.37. The van der Waals surface area contributed by atoms with E-state index in [1.807, 2.05) is 30.5 Å². The van der Waals surface area contributed by atoms with Gasteiger partial charge in [0.1, 0.15) is 5.60 Å². The van der Waals surface area contributed by atoms with E-state index in [4.69, 9.17) is 9.68 Å². The predicted octanol–water partition coefficient (Wildman–Crippen LogP) is 5.30. The highest BCUT2D eigenvalue weighted by molar-refractivity contribution is 7.98. The van der Waals surface area contributed by atoms with Crippen LogP contribution in [-0.2, 0) is 15.9 Å². The number of alkyl halides is 3. The minimum Gasteiger partial charge on any atom is -0.351 e. The normalized spacial score (nSPS) is 18.2. The standard InChI is InChI=1S/C22H22F3N3O3S/c1-32-18-4-2-3-17(13-18)26-20(29)30-28-11-9-21(10-12-28)14-19(27-31-21)15-5-7-16(8-6-15)22(23,24)25/h2-8,13-14,27H,9-12H2,1H3,(H,26,29). The zero-order chi connectivity index (χ0) is 22.8. The Balaban J connectivity index is 1.32. The third-order valence-corrected chi connectivity index (χ3v) is 6.12. The molecule has 1 fully saturated rings.